The van der Waals surface area contributed by atoms with Crippen LogP contribution in [0.15, 0.2) is 0 Å². The summed E-state index contributed by atoms with van der Waals surface area (Å²) in [5, 5.41) is 11.0. The van der Waals surface area contributed by atoms with E-state index in [1.165, 1.54) is 19.3 Å². The third-order valence-electron chi connectivity index (χ3n) is 5.21. The van der Waals surface area contributed by atoms with E-state index in [-0.39, 0.29) is 5.41 Å². The second-order valence-corrected chi connectivity index (χ2v) is 6.57. The van der Waals surface area contributed by atoms with Crippen LogP contribution < -0.4 is 5.73 Å². The lowest BCUT2D eigenvalue weighted by Gasteiger charge is -2.49. The standard InChI is InChI=1S/C14H27NO/c1-11-4-3-6-13(8-11,10-15)14(16)7-5-12(2)9-14/h11-12,16H,3-10,15H2,1-2H3. The summed E-state index contributed by atoms with van der Waals surface area (Å²) in [5.74, 6) is 1.41. The van der Waals surface area contributed by atoms with Crippen molar-refractivity contribution in [1.29, 1.82) is 0 Å². The van der Waals surface area contributed by atoms with E-state index in [0.717, 1.165) is 31.6 Å². The van der Waals surface area contributed by atoms with Crippen molar-refractivity contribution in [1.82, 2.24) is 0 Å². The van der Waals surface area contributed by atoms with Crippen LogP contribution in [-0.2, 0) is 0 Å². The Labute approximate surface area is 99.6 Å². The van der Waals surface area contributed by atoms with Gasteiger partial charge in [-0.2, -0.15) is 0 Å². The molecule has 2 saturated carbocycles. The highest BCUT2D eigenvalue weighted by molar-refractivity contribution is 5.05. The SMILES string of the molecule is CC1CCC(O)(C2(CN)CCCC(C)C2)C1. The predicted octanol–water partition coefficient (Wildman–Crippen LogP) is 2.69. The van der Waals surface area contributed by atoms with Crippen molar-refractivity contribution in [3.05, 3.63) is 0 Å². The van der Waals surface area contributed by atoms with E-state index in [1.807, 2.05) is 0 Å². The van der Waals surface area contributed by atoms with Gasteiger partial charge in [0.1, 0.15) is 0 Å². The summed E-state index contributed by atoms with van der Waals surface area (Å²) in [4.78, 5) is 0. The Balaban J connectivity index is 2.19. The molecule has 2 nitrogen and oxygen atoms in total. The Morgan fingerprint density at radius 1 is 1.12 bits per heavy atom. The van der Waals surface area contributed by atoms with Crippen LogP contribution in [0.1, 0.15) is 58.8 Å². The lowest BCUT2D eigenvalue weighted by Crippen LogP contribution is -2.53. The molecule has 2 aliphatic carbocycles. The molecule has 0 aromatic carbocycles. The Morgan fingerprint density at radius 3 is 2.31 bits per heavy atom. The van der Waals surface area contributed by atoms with Crippen molar-refractivity contribution in [3.8, 4) is 0 Å². The van der Waals surface area contributed by atoms with Crippen molar-refractivity contribution >= 4 is 0 Å². The van der Waals surface area contributed by atoms with Crippen molar-refractivity contribution in [2.24, 2.45) is 23.0 Å². The van der Waals surface area contributed by atoms with Crippen LogP contribution in [0.5, 0.6) is 0 Å². The molecule has 2 heteroatoms. The van der Waals surface area contributed by atoms with Crippen LogP contribution in [0.4, 0.5) is 0 Å². The second-order valence-electron chi connectivity index (χ2n) is 6.57. The van der Waals surface area contributed by atoms with Gasteiger partial charge in [-0.25, -0.2) is 0 Å². The zero-order chi connectivity index (χ0) is 11.8. The van der Waals surface area contributed by atoms with Crippen LogP contribution in [0, 0.1) is 17.3 Å². The van der Waals surface area contributed by atoms with E-state index in [9.17, 15) is 5.11 Å². The lowest BCUT2D eigenvalue weighted by molar-refractivity contribution is -0.104. The van der Waals surface area contributed by atoms with Crippen LogP contribution in [0.3, 0.4) is 0 Å². The summed E-state index contributed by atoms with van der Waals surface area (Å²) in [6.07, 6.45) is 7.94. The van der Waals surface area contributed by atoms with Gasteiger partial charge in [0.2, 0.25) is 0 Å². The molecule has 0 amide bonds. The Kier molecular flexibility index (Phi) is 3.33. The minimum absolute atomic E-state index is 0.0232. The summed E-state index contributed by atoms with van der Waals surface area (Å²) in [5.41, 5.74) is 5.61. The Hall–Kier alpha value is -0.0800. The van der Waals surface area contributed by atoms with Crippen LogP contribution in [0.25, 0.3) is 0 Å². The molecule has 2 aliphatic rings. The molecular formula is C14H27NO. The summed E-state index contributed by atoms with van der Waals surface area (Å²) in [7, 11) is 0. The molecule has 4 atom stereocenters. The summed E-state index contributed by atoms with van der Waals surface area (Å²) in [6, 6.07) is 0. The maximum absolute atomic E-state index is 11.0. The zero-order valence-electron chi connectivity index (χ0n) is 10.8. The molecule has 0 aliphatic heterocycles. The zero-order valence-corrected chi connectivity index (χ0v) is 10.8. The summed E-state index contributed by atoms with van der Waals surface area (Å²) >= 11 is 0. The molecule has 0 heterocycles. The highest BCUT2D eigenvalue weighted by atomic mass is 16.3. The van der Waals surface area contributed by atoms with Gasteiger partial charge in [-0.1, -0.05) is 26.7 Å². The molecule has 3 N–H and O–H groups in total. The molecular weight excluding hydrogens is 198 g/mol. The van der Waals surface area contributed by atoms with Gasteiger partial charge in [-0.05, 0) is 43.9 Å². The topological polar surface area (TPSA) is 46.2 Å². The van der Waals surface area contributed by atoms with Gasteiger partial charge in [0.15, 0.2) is 0 Å². The highest BCUT2D eigenvalue weighted by Gasteiger charge is 2.53. The maximum atomic E-state index is 11.0. The average molecular weight is 225 g/mol. The third kappa shape index (κ3) is 1.91. The van der Waals surface area contributed by atoms with E-state index in [0.29, 0.717) is 12.5 Å². The average Bonchev–Trinajstić information content (AvgIpc) is 2.60. The molecule has 0 radical (unpaired) electrons. The molecule has 2 rings (SSSR count). The van der Waals surface area contributed by atoms with Crippen LogP contribution in [-0.4, -0.2) is 17.3 Å². The van der Waals surface area contributed by atoms with Crippen molar-refractivity contribution in [2.45, 2.75) is 64.4 Å². The monoisotopic (exact) mass is 225 g/mol. The van der Waals surface area contributed by atoms with Gasteiger partial charge in [-0.15, -0.1) is 0 Å². The summed E-state index contributed by atoms with van der Waals surface area (Å²) < 4.78 is 0. The van der Waals surface area contributed by atoms with Gasteiger partial charge in [0, 0.05) is 12.0 Å². The molecule has 2 fully saturated rings. The quantitative estimate of drug-likeness (QED) is 0.759. The predicted molar refractivity (Wildman–Crippen MR) is 67.1 cm³/mol. The largest absolute Gasteiger partial charge is 0.389 e. The van der Waals surface area contributed by atoms with Gasteiger partial charge < -0.3 is 10.8 Å². The molecule has 0 spiro atoms. The molecule has 0 aromatic heterocycles. The van der Waals surface area contributed by atoms with E-state index in [1.54, 1.807) is 0 Å². The Morgan fingerprint density at radius 2 is 1.81 bits per heavy atom. The minimum atomic E-state index is -0.462. The number of nitrogens with two attached hydrogens (primary N) is 1. The minimum Gasteiger partial charge on any atom is -0.389 e. The highest BCUT2D eigenvalue weighted by Crippen LogP contribution is 2.53. The van der Waals surface area contributed by atoms with Gasteiger partial charge >= 0.3 is 0 Å². The van der Waals surface area contributed by atoms with E-state index < -0.39 is 5.60 Å². The molecule has 4 unspecified atom stereocenters. The van der Waals surface area contributed by atoms with Crippen LogP contribution in [0.2, 0.25) is 0 Å². The molecule has 0 aromatic rings. The van der Waals surface area contributed by atoms with E-state index in [4.69, 9.17) is 5.73 Å². The molecule has 16 heavy (non-hydrogen) atoms. The number of hydrogen-bond acceptors (Lipinski definition) is 2. The first kappa shape index (κ1) is 12.4. The first-order chi connectivity index (χ1) is 7.51. The molecule has 0 saturated heterocycles. The number of aliphatic hydroxyl groups is 1. The molecule has 0 bridgehead atoms. The number of hydrogen-bond donors (Lipinski definition) is 2. The van der Waals surface area contributed by atoms with Gasteiger partial charge in [0.25, 0.3) is 0 Å². The van der Waals surface area contributed by atoms with Crippen molar-refractivity contribution in [2.75, 3.05) is 6.54 Å². The number of rotatable bonds is 2. The smallest absolute Gasteiger partial charge is 0.0718 e. The summed E-state index contributed by atoms with van der Waals surface area (Å²) in [6.45, 7) is 5.24. The van der Waals surface area contributed by atoms with Crippen molar-refractivity contribution in [3.63, 3.8) is 0 Å². The van der Waals surface area contributed by atoms with E-state index >= 15 is 0 Å². The lowest BCUT2D eigenvalue weighted by atomic mass is 9.60. The first-order valence-corrected chi connectivity index (χ1v) is 6.94. The van der Waals surface area contributed by atoms with Gasteiger partial charge in [0.05, 0.1) is 5.60 Å². The van der Waals surface area contributed by atoms with Gasteiger partial charge in [-0.3, -0.25) is 0 Å². The fourth-order valence-corrected chi connectivity index (χ4v) is 4.21. The Bertz CT molecular complexity index is 255. The normalized spacial score (nSPS) is 49.5. The van der Waals surface area contributed by atoms with Crippen LogP contribution >= 0.6 is 0 Å². The fourth-order valence-electron chi connectivity index (χ4n) is 4.21. The fraction of sp³-hybridized carbons (Fsp3) is 1.00. The maximum Gasteiger partial charge on any atom is 0.0718 e. The molecule has 94 valence electrons. The van der Waals surface area contributed by atoms with E-state index in [2.05, 4.69) is 13.8 Å². The third-order valence-corrected chi connectivity index (χ3v) is 5.21. The second kappa shape index (κ2) is 4.30. The van der Waals surface area contributed by atoms with Crippen molar-refractivity contribution < 1.29 is 5.11 Å². The first-order valence-electron chi connectivity index (χ1n) is 6.94.